The van der Waals surface area contributed by atoms with Gasteiger partial charge in [0, 0.05) is 93.5 Å². The van der Waals surface area contributed by atoms with Gasteiger partial charge in [-0.05, 0) is 53.6 Å². The lowest BCUT2D eigenvalue weighted by Gasteiger charge is -2.36. The minimum Gasteiger partial charge on any atom is -0.481 e. The number of pyridine rings is 1. The summed E-state index contributed by atoms with van der Waals surface area (Å²) >= 11 is 0. The number of nitrogens with zero attached hydrogens (tertiary/aromatic N) is 7. The Morgan fingerprint density at radius 2 is 1.78 bits per heavy atom. The Kier molecular flexibility index (Phi) is 8.82. The highest BCUT2D eigenvalue weighted by Gasteiger charge is 2.38. The van der Waals surface area contributed by atoms with Gasteiger partial charge in [-0.1, -0.05) is 11.3 Å². The molecule has 1 fully saturated rings. The summed E-state index contributed by atoms with van der Waals surface area (Å²) in [5.41, 5.74) is 4.45. The number of fused-ring (bicyclic) bond motifs is 3. The minimum atomic E-state index is -4.60. The van der Waals surface area contributed by atoms with Gasteiger partial charge in [0.2, 0.25) is 5.88 Å². The number of piperazine rings is 1. The molecule has 11 nitrogen and oxygen atoms in total. The van der Waals surface area contributed by atoms with E-state index >= 15 is 0 Å². The number of hydrogen-bond donors (Lipinski definition) is 1. The van der Waals surface area contributed by atoms with Crippen molar-refractivity contribution < 1.29 is 27.4 Å². The number of aldehydes is 1. The van der Waals surface area contributed by atoms with Crippen molar-refractivity contribution in [2.24, 2.45) is 0 Å². The van der Waals surface area contributed by atoms with E-state index < -0.39 is 17.8 Å². The Morgan fingerprint density at radius 1 is 0.980 bits per heavy atom. The first-order valence-corrected chi connectivity index (χ1v) is 15.9. The number of benzene rings is 2. The van der Waals surface area contributed by atoms with Crippen LogP contribution in [-0.2, 0) is 28.9 Å². The van der Waals surface area contributed by atoms with Crippen LogP contribution in [-0.4, -0.2) is 77.8 Å². The third-order valence-electron chi connectivity index (χ3n) is 8.99. The lowest BCUT2D eigenvalue weighted by molar-refractivity contribution is -0.137. The molecule has 0 aliphatic carbocycles. The summed E-state index contributed by atoms with van der Waals surface area (Å²) in [7, 11) is 3.18. The molecule has 0 saturated carbocycles. The number of carbonyl (C=O) groups is 1. The van der Waals surface area contributed by atoms with E-state index in [4.69, 9.17) is 9.47 Å². The van der Waals surface area contributed by atoms with Crippen molar-refractivity contribution >= 4 is 17.7 Å². The fourth-order valence-corrected chi connectivity index (χ4v) is 6.62. The molecule has 0 bridgehead atoms. The van der Waals surface area contributed by atoms with Crippen molar-refractivity contribution in [1.82, 2.24) is 29.9 Å². The molecular formula is C35H35F3N8O3. The molecule has 1 atom stereocenters. The molecule has 3 aromatic heterocycles. The molecular weight excluding hydrogens is 637 g/mol. The Hall–Kier alpha value is -5.21. The summed E-state index contributed by atoms with van der Waals surface area (Å²) in [4.78, 5) is 20.9. The summed E-state index contributed by atoms with van der Waals surface area (Å²) in [6.45, 7) is 3.62. The maximum atomic E-state index is 14.6. The van der Waals surface area contributed by atoms with Crippen molar-refractivity contribution in [1.29, 1.82) is 0 Å². The lowest BCUT2D eigenvalue weighted by atomic mass is 9.93. The van der Waals surface area contributed by atoms with Crippen molar-refractivity contribution in [3.8, 4) is 34.0 Å². The third kappa shape index (κ3) is 6.24. The van der Waals surface area contributed by atoms with Crippen LogP contribution in [0.3, 0.4) is 0 Å². The van der Waals surface area contributed by atoms with Gasteiger partial charge in [0.25, 0.3) is 0 Å². The van der Waals surface area contributed by atoms with Crippen LogP contribution < -0.4 is 19.9 Å². The predicted molar refractivity (Wildman–Crippen MR) is 178 cm³/mol. The van der Waals surface area contributed by atoms with Gasteiger partial charge in [0.05, 0.1) is 25.0 Å². The molecule has 2 aliphatic heterocycles. The van der Waals surface area contributed by atoms with E-state index in [1.165, 1.54) is 10.7 Å². The quantitative estimate of drug-likeness (QED) is 0.202. The largest absolute Gasteiger partial charge is 0.481 e. The highest BCUT2D eigenvalue weighted by Crippen LogP contribution is 2.46. The average molecular weight is 673 g/mol. The number of methoxy groups -OCH3 is 2. The summed E-state index contributed by atoms with van der Waals surface area (Å²) in [6, 6.07) is 14.9. The summed E-state index contributed by atoms with van der Waals surface area (Å²) < 4.78 is 57.6. The first-order chi connectivity index (χ1) is 23.8. The first kappa shape index (κ1) is 32.3. The number of ether oxygens (including phenoxy) is 2. The third-order valence-corrected chi connectivity index (χ3v) is 8.99. The Balaban J connectivity index is 1.34. The van der Waals surface area contributed by atoms with E-state index in [1.807, 2.05) is 52.2 Å². The number of anilines is 2. The maximum absolute atomic E-state index is 14.6. The number of nitrogens with one attached hydrogen (secondary N) is 1. The van der Waals surface area contributed by atoms with Gasteiger partial charge in [0.15, 0.2) is 0 Å². The number of aromatic nitrogens is 5. The number of alkyl halides is 3. The molecule has 0 unspecified atom stereocenters. The van der Waals surface area contributed by atoms with Crippen LogP contribution >= 0.6 is 0 Å². The van der Waals surface area contributed by atoms with Gasteiger partial charge >= 0.3 is 6.18 Å². The maximum Gasteiger partial charge on any atom is 0.418 e. The second kappa shape index (κ2) is 13.4. The van der Waals surface area contributed by atoms with Crippen LogP contribution in [0.2, 0.25) is 0 Å². The fraction of sp³-hybridized carbons (Fsp3) is 0.314. The predicted octanol–water partition coefficient (Wildman–Crippen LogP) is 5.14. The molecule has 254 valence electrons. The smallest absolute Gasteiger partial charge is 0.418 e. The van der Waals surface area contributed by atoms with Crippen LogP contribution in [0.15, 0.2) is 73.2 Å². The van der Waals surface area contributed by atoms with E-state index in [0.717, 1.165) is 34.7 Å². The van der Waals surface area contributed by atoms with Crippen LogP contribution in [0.5, 0.6) is 5.88 Å². The Labute approximate surface area is 280 Å². The second-order valence-corrected chi connectivity index (χ2v) is 12.0. The van der Waals surface area contributed by atoms with E-state index in [9.17, 15) is 18.0 Å². The number of hydrogen-bond acceptors (Lipinski definition) is 9. The standard InChI is InChI=1S/C35H35F3N8O3/c1-48-22-23-9-12-43(20-23)15-16-45-29-6-3-24(25-4-8-32(49-2)40-19-25)17-27(29)34-33(31(45)21-47)41-42-46(34)26-5-7-30(28(18-26)35(36,37)38)44-13-10-39-11-14-44/h3-9,12,17-21,31,39H,10-11,13-16,22H2,1-2H3/t31-/m1/s1. The molecule has 0 amide bonds. The molecule has 7 rings (SSSR count). The molecule has 5 heterocycles. The van der Waals surface area contributed by atoms with Crippen LogP contribution in [0.4, 0.5) is 24.5 Å². The van der Waals surface area contributed by atoms with Crippen LogP contribution in [0, 0.1) is 0 Å². The van der Waals surface area contributed by atoms with E-state index in [-0.39, 0.29) is 11.4 Å². The highest BCUT2D eigenvalue weighted by molar-refractivity contribution is 5.90. The topological polar surface area (TPSA) is 103 Å². The zero-order chi connectivity index (χ0) is 34.1. The summed E-state index contributed by atoms with van der Waals surface area (Å²) in [5.74, 6) is 0.467. The van der Waals surface area contributed by atoms with Crippen LogP contribution in [0.25, 0.3) is 28.1 Å². The average Bonchev–Trinajstić information content (AvgIpc) is 3.78. The van der Waals surface area contributed by atoms with Crippen molar-refractivity contribution in [3.63, 3.8) is 0 Å². The molecule has 0 spiro atoms. The Bertz CT molecular complexity index is 1950. The van der Waals surface area contributed by atoms with Crippen molar-refractivity contribution in [2.45, 2.75) is 25.4 Å². The van der Waals surface area contributed by atoms with Crippen molar-refractivity contribution in [2.75, 3.05) is 56.7 Å². The zero-order valence-corrected chi connectivity index (χ0v) is 27.0. The van der Waals surface area contributed by atoms with Gasteiger partial charge in [-0.25, -0.2) is 9.67 Å². The highest BCUT2D eigenvalue weighted by atomic mass is 19.4. The lowest BCUT2D eigenvalue weighted by Crippen LogP contribution is -2.44. The van der Waals surface area contributed by atoms with Gasteiger partial charge in [-0.15, -0.1) is 5.10 Å². The van der Waals surface area contributed by atoms with Crippen molar-refractivity contribution in [3.05, 3.63) is 90.0 Å². The minimum absolute atomic E-state index is 0.122. The number of rotatable bonds is 10. The van der Waals surface area contributed by atoms with E-state index in [1.54, 1.807) is 37.4 Å². The molecule has 2 aromatic carbocycles. The van der Waals surface area contributed by atoms with E-state index in [2.05, 4.69) is 20.6 Å². The summed E-state index contributed by atoms with van der Waals surface area (Å²) in [5, 5.41) is 12.0. The van der Waals surface area contributed by atoms with Gasteiger partial charge in [-0.3, -0.25) is 0 Å². The summed E-state index contributed by atoms with van der Waals surface area (Å²) in [6.07, 6.45) is 1.85. The van der Waals surface area contributed by atoms with Crippen LogP contribution in [0.1, 0.15) is 22.9 Å². The Morgan fingerprint density at radius 3 is 2.49 bits per heavy atom. The molecule has 0 radical (unpaired) electrons. The number of halogens is 3. The molecule has 1 saturated heterocycles. The fourth-order valence-electron chi connectivity index (χ4n) is 6.62. The van der Waals surface area contributed by atoms with Gasteiger partial charge in [-0.2, -0.15) is 13.2 Å². The SMILES string of the molecule is COCc1ccn(CCN2c3ccc(-c4ccc(OC)nc4)cc3-c3c(nnn3-c3ccc(N4CCNCC4)c(C(F)(F)F)c3)[C@H]2C=O)c1. The van der Waals surface area contributed by atoms with Gasteiger partial charge < -0.3 is 34.0 Å². The molecule has 14 heteroatoms. The first-order valence-electron chi connectivity index (χ1n) is 15.9. The number of carbonyl (C=O) groups excluding carboxylic acids is 1. The second-order valence-electron chi connectivity index (χ2n) is 12.0. The molecule has 5 aromatic rings. The van der Waals surface area contributed by atoms with Gasteiger partial charge in [0.1, 0.15) is 23.7 Å². The zero-order valence-electron chi connectivity index (χ0n) is 27.0. The molecule has 1 N–H and O–H groups in total. The normalized spacial score (nSPS) is 16.0. The molecule has 49 heavy (non-hydrogen) atoms. The van der Waals surface area contributed by atoms with E-state index in [0.29, 0.717) is 68.7 Å². The monoisotopic (exact) mass is 672 g/mol. The molecule has 2 aliphatic rings.